The van der Waals surface area contributed by atoms with E-state index in [4.69, 9.17) is 11.6 Å². The third-order valence-corrected chi connectivity index (χ3v) is 5.25. The van der Waals surface area contributed by atoms with Gasteiger partial charge < -0.3 is 5.11 Å². The Morgan fingerprint density at radius 3 is 2.41 bits per heavy atom. The molecule has 0 spiro atoms. The van der Waals surface area contributed by atoms with Crippen molar-refractivity contribution in [2.45, 2.75) is 23.8 Å². The Morgan fingerprint density at radius 2 is 1.77 bits per heavy atom. The number of carboxylic acids is 1. The summed E-state index contributed by atoms with van der Waals surface area (Å²) in [5.74, 6) is -0.817. The molecular weight excluding hydrogens is 320 g/mol. The van der Waals surface area contributed by atoms with Gasteiger partial charge in [0.2, 0.25) is 0 Å². The third kappa shape index (κ3) is 4.97. The summed E-state index contributed by atoms with van der Waals surface area (Å²) in [6.45, 7) is 0. The summed E-state index contributed by atoms with van der Waals surface area (Å²) in [7, 11) is -1.48. The van der Waals surface area contributed by atoms with Crippen LogP contribution in [-0.4, -0.2) is 20.5 Å². The Labute approximate surface area is 137 Å². The Balaban J connectivity index is 2.01. The molecule has 2 unspecified atom stereocenters. The van der Waals surface area contributed by atoms with Crippen molar-refractivity contribution in [2.75, 3.05) is 0 Å². The van der Waals surface area contributed by atoms with Gasteiger partial charge in [-0.1, -0.05) is 54.1 Å². The van der Waals surface area contributed by atoms with E-state index in [-0.39, 0.29) is 5.75 Å². The van der Waals surface area contributed by atoms with E-state index in [1.165, 1.54) is 0 Å². The van der Waals surface area contributed by atoms with Crippen molar-refractivity contribution in [2.24, 2.45) is 0 Å². The number of aryl methyl sites for hydroxylation is 1. The molecule has 0 aromatic heterocycles. The topological polar surface area (TPSA) is 54.4 Å². The molecule has 0 saturated carbocycles. The zero-order valence-electron chi connectivity index (χ0n) is 11.9. The Kier molecular flexibility index (Phi) is 6.16. The fraction of sp³-hybridized carbons (Fsp3) is 0.235. The lowest BCUT2D eigenvalue weighted by molar-refractivity contribution is -0.136. The van der Waals surface area contributed by atoms with Gasteiger partial charge in [0, 0.05) is 21.6 Å². The molecule has 0 heterocycles. The zero-order chi connectivity index (χ0) is 15.9. The van der Waals surface area contributed by atoms with E-state index in [9.17, 15) is 14.1 Å². The van der Waals surface area contributed by atoms with Crippen molar-refractivity contribution in [3.05, 3.63) is 70.7 Å². The van der Waals surface area contributed by atoms with Crippen molar-refractivity contribution in [1.82, 2.24) is 0 Å². The molecule has 0 aliphatic carbocycles. The van der Waals surface area contributed by atoms with E-state index >= 15 is 0 Å². The summed E-state index contributed by atoms with van der Waals surface area (Å²) in [4.78, 5) is 11.4. The average molecular weight is 337 g/mol. The van der Waals surface area contributed by atoms with E-state index in [2.05, 4.69) is 0 Å². The van der Waals surface area contributed by atoms with Gasteiger partial charge in [0.15, 0.2) is 0 Å². The van der Waals surface area contributed by atoms with Crippen LogP contribution in [-0.2, 0) is 27.8 Å². The SMILES string of the molecule is O=C(O)C(CCc1ccccc1)S(=O)Cc1cccc(Cl)c1. The smallest absolute Gasteiger partial charge is 0.319 e. The van der Waals surface area contributed by atoms with Crippen LogP contribution in [0, 0.1) is 0 Å². The van der Waals surface area contributed by atoms with Gasteiger partial charge in [-0.25, -0.2) is 0 Å². The quantitative estimate of drug-likeness (QED) is 0.839. The van der Waals surface area contributed by atoms with Gasteiger partial charge in [-0.2, -0.15) is 0 Å². The van der Waals surface area contributed by atoms with Crippen LogP contribution in [0.25, 0.3) is 0 Å². The Bertz CT molecular complexity index is 658. The van der Waals surface area contributed by atoms with Gasteiger partial charge in [0.05, 0.1) is 0 Å². The summed E-state index contributed by atoms with van der Waals surface area (Å²) in [6.07, 6.45) is 0.950. The van der Waals surface area contributed by atoms with Crippen LogP contribution in [0.2, 0.25) is 5.02 Å². The molecule has 5 heteroatoms. The van der Waals surface area contributed by atoms with Gasteiger partial charge in [0.25, 0.3) is 0 Å². The van der Waals surface area contributed by atoms with Gasteiger partial charge in [-0.05, 0) is 36.1 Å². The largest absolute Gasteiger partial charge is 0.480 e. The lowest BCUT2D eigenvalue weighted by Gasteiger charge is -2.12. The predicted octanol–water partition coefficient (Wildman–Crippen LogP) is 3.67. The molecule has 0 aliphatic rings. The van der Waals surface area contributed by atoms with Crippen molar-refractivity contribution < 1.29 is 14.1 Å². The minimum absolute atomic E-state index is 0.201. The highest BCUT2D eigenvalue weighted by molar-refractivity contribution is 7.85. The summed E-state index contributed by atoms with van der Waals surface area (Å²) < 4.78 is 12.4. The lowest BCUT2D eigenvalue weighted by atomic mass is 10.1. The molecule has 116 valence electrons. The standard InChI is InChI=1S/C17H17ClO3S/c18-15-8-4-7-14(11-15)12-22(21)16(17(19)20)10-9-13-5-2-1-3-6-13/h1-8,11,16H,9-10,12H2,(H,19,20). The molecule has 3 nitrogen and oxygen atoms in total. The predicted molar refractivity (Wildman–Crippen MR) is 89.5 cm³/mol. The molecule has 0 amide bonds. The minimum atomic E-state index is -1.48. The number of hydrogen-bond acceptors (Lipinski definition) is 2. The van der Waals surface area contributed by atoms with Crippen LogP contribution in [0.1, 0.15) is 17.5 Å². The molecule has 0 radical (unpaired) electrons. The minimum Gasteiger partial charge on any atom is -0.480 e. The number of halogens is 1. The number of benzene rings is 2. The molecule has 2 rings (SSSR count). The van der Waals surface area contributed by atoms with E-state index < -0.39 is 22.0 Å². The first kappa shape index (κ1) is 16.7. The molecular formula is C17H17ClO3S. The fourth-order valence-electron chi connectivity index (χ4n) is 2.20. The van der Waals surface area contributed by atoms with Crippen molar-refractivity contribution in [3.8, 4) is 0 Å². The third-order valence-electron chi connectivity index (χ3n) is 3.33. The van der Waals surface area contributed by atoms with E-state index in [0.717, 1.165) is 11.1 Å². The van der Waals surface area contributed by atoms with Gasteiger partial charge in [0.1, 0.15) is 5.25 Å². The zero-order valence-corrected chi connectivity index (χ0v) is 13.5. The number of hydrogen-bond donors (Lipinski definition) is 1. The summed E-state index contributed by atoms with van der Waals surface area (Å²) in [5.41, 5.74) is 1.84. The molecule has 0 aliphatic heterocycles. The number of aliphatic carboxylic acids is 1. The van der Waals surface area contributed by atoms with Crippen LogP contribution in [0.5, 0.6) is 0 Å². The maximum atomic E-state index is 12.4. The second kappa shape index (κ2) is 8.11. The van der Waals surface area contributed by atoms with Gasteiger partial charge in [-0.15, -0.1) is 0 Å². The van der Waals surface area contributed by atoms with Crippen LogP contribution in [0.3, 0.4) is 0 Å². The van der Waals surface area contributed by atoms with Crippen molar-refractivity contribution in [3.63, 3.8) is 0 Å². The lowest BCUT2D eigenvalue weighted by Crippen LogP contribution is -2.27. The first-order valence-electron chi connectivity index (χ1n) is 6.94. The first-order chi connectivity index (χ1) is 10.6. The Hall–Kier alpha value is -1.65. The fourth-order valence-corrected chi connectivity index (χ4v) is 3.73. The second-order valence-electron chi connectivity index (χ2n) is 5.01. The van der Waals surface area contributed by atoms with E-state index in [1.54, 1.807) is 24.3 Å². The van der Waals surface area contributed by atoms with Gasteiger partial charge in [-0.3, -0.25) is 9.00 Å². The Morgan fingerprint density at radius 1 is 1.09 bits per heavy atom. The number of carboxylic acid groups (broad SMARTS) is 1. The first-order valence-corrected chi connectivity index (χ1v) is 8.70. The highest BCUT2D eigenvalue weighted by Gasteiger charge is 2.24. The second-order valence-corrected chi connectivity index (χ2v) is 7.06. The molecule has 22 heavy (non-hydrogen) atoms. The van der Waals surface area contributed by atoms with Crippen LogP contribution in [0.4, 0.5) is 0 Å². The highest BCUT2D eigenvalue weighted by Crippen LogP contribution is 2.16. The molecule has 0 fully saturated rings. The molecule has 2 atom stereocenters. The average Bonchev–Trinajstić information content (AvgIpc) is 2.48. The van der Waals surface area contributed by atoms with Crippen LogP contribution < -0.4 is 0 Å². The maximum absolute atomic E-state index is 12.4. The highest BCUT2D eigenvalue weighted by atomic mass is 35.5. The van der Waals surface area contributed by atoms with E-state index in [0.29, 0.717) is 17.9 Å². The molecule has 2 aromatic rings. The van der Waals surface area contributed by atoms with E-state index in [1.807, 2.05) is 30.3 Å². The number of rotatable bonds is 7. The molecule has 2 aromatic carbocycles. The summed E-state index contributed by atoms with van der Waals surface area (Å²) >= 11 is 5.90. The molecule has 0 saturated heterocycles. The molecule has 1 N–H and O–H groups in total. The van der Waals surface area contributed by atoms with Crippen molar-refractivity contribution >= 4 is 28.4 Å². The molecule has 0 bridgehead atoms. The van der Waals surface area contributed by atoms with Gasteiger partial charge >= 0.3 is 5.97 Å². The number of carbonyl (C=O) groups is 1. The van der Waals surface area contributed by atoms with Crippen molar-refractivity contribution in [1.29, 1.82) is 0 Å². The monoisotopic (exact) mass is 336 g/mol. The van der Waals surface area contributed by atoms with Crippen LogP contribution >= 0.6 is 11.6 Å². The summed E-state index contributed by atoms with van der Waals surface area (Å²) in [5, 5.41) is 9.02. The summed E-state index contributed by atoms with van der Waals surface area (Å²) in [6, 6.07) is 16.7. The van der Waals surface area contributed by atoms with Crippen LogP contribution in [0.15, 0.2) is 54.6 Å². The normalized spacial score (nSPS) is 13.5. The maximum Gasteiger partial charge on any atom is 0.319 e.